The Morgan fingerprint density at radius 2 is 1.80 bits per heavy atom. The van der Waals surface area contributed by atoms with Crippen molar-refractivity contribution >= 4 is 34.9 Å². The average Bonchev–Trinajstić information content (AvgIpc) is 3.06. The van der Waals surface area contributed by atoms with Gasteiger partial charge >= 0.3 is 0 Å². The Balaban J connectivity index is 1.83. The van der Waals surface area contributed by atoms with Crippen LogP contribution in [0.2, 0.25) is 0 Å². The van der Waals surface area contributed by atoms with Gasteiger partial charge in [-0.3, -0.25) is 24.1 Å². The second kappa shape index (κ2) is 7.09. The van der Waals surface area contributed by atoms with Crippen molar-refractivity contribution in [1.82, 2.24) is 4.90 Å². The molecule has 1 fully saturated rings. The SMILES string of the molecule is CC(=O)c1cccc(NC(=O)[C@@]23CCC(=O)N2c2ccccc2C(=O)N3C(C)C)c1. The molecule has 0 saturated carbocycles. The van der Waals surface area contributed by atoms with Crippen molar-refractivity contribution < 1.29 is 19.2 Å². The Hall–Kier alpha value is -3.48. The predicted octanol–water partition coefficient (Wildman–Crippen LogP) is 3.22. The van der Waals surface area contributed by atoms with E-state index in [1.807, 2.05) is 13.8 Å². The molecule has 0 aromatic heterocycles. The van der Waals surface area contributed by atoms with Gasteiger partial charge in [-0.25, -0.2) is 0 Å². The first-order valence-corrected chi connectivity index (χ1v) is 9.95. The number of fused-ring (bicyclic) bond motifs is 3. The van der Waals surface area contributed by atoms with Crippen LogP contribution >= 0.6 is 0 Å². The Morgan fingerprint density at radius 3 is 2.50 bits per heavy atom. The van der Waals surface area contributed by atoms with Gasteiger partial charge in [0, 0.05) is 30.1 Å². The lowest BCUT2D eigenvalue weighted by atomic mass is 9.94. The van der Waals surface area contributed by atoms with Crippen LogP contribution in [0.1, 0.15) is 54.3 Å². The van der Waals surface area contributed by atoms with Crippen molar-refractivity contribution in [3.8, 4) is 0 Å². The minimum absolute atomic E-state index is 0.118. The van der Waals surface area contributed by atoms with Crippen molar-refractivity contribution in [1.29, 1.82) is 0 Å². The van der Waals surface area contributed by atoms with Gasteiger partial charge in [0.1, 0.15) is 0 Å². The van der Waals surface area contributed by atoms with Crippen molar-refractivity contribution in [2.45, 2.75) is 45.3 Å². The summed E-state index contributed by atoms with van der Waals surface area (Å²) < 4.78 is 0. The van der Waals surface area contributed by atoms with Gasteiger partial charge in [-0.2, -0.15) is 0 Å². The molecule has 2 aliphatic rings. The number of hydrogen-bond donors (Lipinski definition) is 1. The number of rotatable bonds is 4. The highest BCUT2D eigenvalue weighted by Gasteiger charge is 2.61. The molecule has 2 heterocycles. The van der Waals surface area contributed by atoms with E-state index in [-0.39, 0.29) is 36.5 Å². The maximum absolute atomic E-state index is 13.7. The standard InChI is InChI=1S/C23H23N3O4/c1-14(2)25-21(29)18-9-4-5-10-19(18)26-20(28)11-12-23(25,26)22(30)24-17-8-6-7-16(13-17)15(3)27/h4-10,13-14H,11-12H2,1-3H3,(H,24,30)/t23-/m1/s1. The van der Waals surface area contributed by atoms with Gasteiger partial charge in [-0.1, -0.05) is 24.3 Å². The molecule has 1 saturated heterocycles. The quantitative estimate of drug-likeness (QED) is 0.792. The number of anilines is 2. The van der Waals surface area contributed by atoms with E-state index in [1.165, 1.54) is 16.7 Å². The number of benzene rings is 2. The molecule has 0 unspecified atom stereocenters. The summed E-state index contributed by atoms with van der Waals surface area (Å²) in [7, 11) is 0. The van der Waals surface area contributed by atoms with Crippen LogP contribution in [0.5, 0.6) is 0 Å². The molecule has 1 atom stereocenters. The van der Waals surface area contributed by atoms with Crippen LogP contribution in [0, 0.1) is 0 Å². The molecule has 7 nitrogen and oxygen atoms in total. The summed E-state index contributed by atoms with van der Waals surface area (Å²) in [5.74, 6) is -1.06. The second-order valence-corrected chi connectivity index (χ2v) is 7.92. The minimum Gasteiger partial charge on any atom is -0.322 e. The van der Waals surface area contributed by atoms with Crippen LogP contribution in [-0.4, -0.2) is 40.1 Å². The van der Waals surface area contributed by atoms with Gasteiger partial charge in [0.2, 0.25) is 11.6 Å². The summed E-state index contributed by atoms with van der Waals surface area (Å²) in [6.45, 7) is 5.12. The monoisotopic (exact) mass is 405 g/mol. The van der Waals surface area contributed by atoms with E-state index < -0.39 is 11.6 Å². The number of carbonyl (C=O) groups excluding carboxylic acids is 4. The zero-order valence-electron chi connectivity index (χ0n) is 17.1. The number of nitrogens with zero attached hydrogens (tertiary/aromatic N) is 2. The molecule has 3 amide bonds. The lowest BCUT2D eigenvalue weighted by Crippen LogP contribution is -2.70. The molecular formula is C23H23N3O4. The molecule has 154 valence electrons. The lowest BCUT2D eigenvalue weighted by molar-refractivity contribution is -0.129. The van der Waals surface area contributed by atoms with Gasteiger partial charge in [0.25, 0.3) is 11.8 Å². The van der Waals surface area contributed by atoms with Gasteiger partial charge in [-0.05, 0) is 45.0 Å². The van der Waals surface area contributed by atoms with Crippen molar-refractivity contribution in [2.24, 2.45) is 0 Å². The van der Waals surface area contributed by atoms with E-state index >= 15 is 0 Å². The summed E-state index contributed by atoms with van der Waals surface area (Å²) in [6.07, 6.45) is 0.355. The first-order chi connectivity index (χ1) is 14.3. The first-order valence-electron chi connectivity index (χ1n) is 9.95. The number of amides is 3. The van der Waals surface area contributed by atoms with Gasteiger partial charge in [-0.15, -0.1) is 0 Å². The van der Waals surface area contributed by atoms with Crippen LogP contribution in [0.3, 0.4) is 0 Å². The Morgan fingerprint density at radius 1 is 1.07 bits per heavy atom. The molecular weight excluding hydrogens is 382 g/mol. The molecule has 2 aromatic rings. The lowest BCUT2D eigenvalue weighted by Gasteiger charge is -2.50. The van der Waals surface area contributed by atoms with Gasteiger partial charge in [0.15, 0.2) is 5.78 Å². The summed E-state index contributed by atoms with van der Waals surface area (Å²) >= 11 is 0. The predicted molar refractivity (Wildman–Crippen MR) is 112 cm³/mol. The van der Waals surface area contributed by atoms with Gasteiger partial charge < -0.3 is 10.2 Å². The third kappa shape index (κ3) is 2.81. The summed E-state index contributed by atoms with van der Waals surface area (Å²) in [4.78, 5) is 54.7. The number of carbonyl (C=O) groups is 4. The third-order valence-corrected chi connectivity index (χ3v) is 5.71. The number of nitrogens with one attached hydrogen (secondary N) is 1. The van der Waals surface area contributed by atoms with E-state index in [2.05, 4.69) is 5.32 Å². The molecule has 7 heteroatoms. The zero-order valence-corrected chi connectivity index (χ0v) is 17.1. The topological polar surface area (TPSA) is 86.8 Å². The summed E-state index contributed by atoms with van der Waals surface area (Å²) in [6, 6.07) is 13.2. The van der Waals surface area contributed by atoms with Crippen molar-refractivity contribution in [3.05, 3.63) is 59.7 Å². The van der Waals surface area contributed by atoms with Crippen LogP contribution < -0.4 is 10.2 Å². The maximum Gasteiger partial charge on any atom is 0.271 e. The molecule has 2 aromatic carbocycles. The summed E-state index contributed by atoms with van der Waals surface area (Å²) in [5.41, 5.74) is 0.313. The van der Waals surface area contributed by atoms with Gasteiger partial charge in [0.05, 0.1) is 11.3 Å². The molecule has 0 aliphatic carbocycles. The Kier molecular flexibility index (Phi) is 4.68. The number of para-hydroxylation sites is 1. The third-order valence-electron chi connectivity index (χ3n) is 5.71. The normalized spacial score (nSPS) is 20.3. The minimum atomic E-state index is -1.46. The Labute approximate surface area is 174 Å². The molecule has 0 spiro atoms. The Bertz CT molecular complexity index is 1080. The van der Waals surface area contributed by atoms with E-state index in [0.717, 1.165) is 0 Å². The van der Waals surface area contributed by atoms with Crippen LogP contribution in [0.15, 0.2) is 48.5 Å². The van der Waals surface area contributed by atoms with E-state index in [0.29, 0.717) is 22.5 Å². The fraction of sp³-hybridized carbons (Fsp3) is 0.304. The average molecular weight is 405 g/mol. The van der Waals surface area contributed by atoms with Crippen molar-refractivity contribution in [2.75, 3.05) is 10.2 Å². The number of Topliss-reactive ketones (excluding diaryl/α,β-unsaturated/α-hetero) is 1. The molecule has 0 radical (unpaired) electrons. The zero-order chi connectivity index (χ0) is 21.6. The smallest absolute Gasteiger partial charge is 0.271 e. The summed E-state index contributed by atoms with van der Waals surface area (Å²) in [5, 5.41) is 2.85. The van der Waals surface area contributed by atoms with Crippen LogP contribution in [-0.2, 0) is 9.59 Å². The first kappa shape index (κ1) is 19.8. The fourth-order valence-electron chi connectivity index (χ4n) is 4.45. The second-order valence-electron chi connectivity index (χ2n) is 7.92. The van der Waals surface area contributed by atoms with Crippen LogP contribution in [0.4, 0.5) is 11.4 Å². The highest BCUT2D eigenvalue weighted by molar-refractivity contribution is 6.18. The van der Waals surface area contributed by atoms with Crippen LogP contribution in [0.25, 0.3) is 0 Å². The highest BCUT2D eigenvalue weighted by atomic mass is 16.2. The fourth-order valence-corrected chi connectivity index (χ4v) is 4.45. The number of hydrogen-bond acceptors (Lipinski definition) is 4. The highest BCUT2D eigenvalue weighted by Crippen LogP contribution is 2.45. The molecule has 4 rings (SSSR count). The number of ketones is 1. The van der Waals surface area contributed by atoms with E-state index in [4.69, 9.17) is 0 Å². The van der Waals surface area contributed by atoms with Crippen molar-refractivity contribution in [3.63, 3.8) is 0 Å². The molecule has 0 bridgehead atoms. The molecule has 30 heavy (non-hydrogen) atoms. The molecule has 1 N–H and O–H groups in total. The molecule has 2 aliphatic heterocycles. The van der Waals surface area contributed by atoms with E-state index in [9.17, 15) is 19.2 Å². The van der Waals surface area contributed by atoms with E-state index in [1.54, 1.807) is 48.5 Å². The maximum atomic E-state index is 13.7. The largest absolute Gasteiger partial charge is 0.322 e.